The number of nitrogens with zero attached hydrogens (tertiary/aromatic N) is 2. The molecule has 7 nitrogen and oxygen atoms in total. The van der Waals surface area contributed by atoms with E-state index in [1.54, 1.807) is 17.0 Å². The number of amides is 2. The van der Waals surface area contributed by atoms with Crippen LogP contribution in [0.2, 0.25) is 0 Å². The molecule has 4 rings (SSSR count). The fourth-order valence-corrected chi connectivity index (χ4v) is 6.80. The average molecular weight is 536 g/mol. The van der Waals surface area contributed by atoms with Crippen molar-refractivity contribution in [2.75, 3.05) is 10.8 Å². The van der Waals surface area contributed by atoms with E-state index in [-0.39, 0.29) is 30.8 Å². The Balaban J connectivity index is 1.53. The maximum absolute atomic E-state index is 13.6. The number of carbonyl (C=O) groups is 2. The van der Waals surface area contributed by atoms with E-state index in [9.17, 15) is 18.0 Å². The largest absolute Gasteiger partial charge is 0.352 e. The molecular formula is C30H37N3O4S. The lowest BCUT2D eigenvalue weighted by atomic mass is 10.0. The number of rotatable bonds is 11. The first-order valence-electron chi connectivity index (χ1n) is 13.4. The first-order valence-corrected chi connectivity index (χ1v) is 14.8. The number of anilines is 1. The topological polar surface area (TPSA) is 86.8 Å². The number of benzene rings is 3. The third-order valence-corrected chi connectivity index (χ3v) is 9.28. The molecule has 1 aliphatic heterocycles. The summed E-state index contributed by atoms with van der Waals surface area (Å²) in [5.74, 6) is -0.320. The summed E-state index contributed by atoms with van der Waals surface area (Å²) >= 11 is 0. The van der Waals surface area contributed by atoms with E-state index in [1.165, 1.54) is 4.31 Å². The van der Waals surface area contributed by atoms with E-state index in [0.717, 1.165) is 28.3 Å². The predicted molar refractivity (Wildman–Crippen MR) is 151 cm³/mol. The Morgan fingerprint density at radius 1 is 0.974 bits per heavy atom. The summed E-state index contributed by atoms with van der Waals surface area (Å²) in [6, 6.07) is 18.1. The predicted octanol–water partition coefficient (Wildman–Crippen LogP) is 5.16. The van der Waals surface area contributed by atoms with Gasteiger partial charge in [0, 0.05) is 30.9 Å². The first-order chi connectivity index (χ1) is 18.2. The first kappa shape index (κ1) is 27.6. The SMILES string of the molecule is CC[C@H](C)NC(=O)[C@H](CC)N(Cc1ccccc1C)C(=O)CCCN1c2cccc3cccc(c23)S1(=O)=O. The van der Waals surface area contributed by atoms with Crippen molar-refractivity contribution >= 4 is 38.3 Å². The molecule has 1 aliphatic rings. The van der Waals surface area contributed by atoms with Gasteiger partial charge in [-0.2, -0.15) is 0 Å². The van der Waals surface area contributed by atoms with Crippen molar-refractivity contribution in [2.24, 2.45) is 0 Å². The molecule has 2 atom stereocenters. The van der Waals surface area contributed by atoms with Crippen LogP contribution in [0.3, 0.4) is 0 Å². The Morgan fingerprint density at radius 2 is 1.68 bits per heavy atom. The number of sulfonamides is 1. The molecule has 0 aliphatic carbocycles. The lowest BCUT2D eigenvalue weighted by Gasteiger charge is -2.32. The zero-order valence-corrected chi connectivity index (χ0v) is 23.4. The van der Waals surface area contributed by atoms with Crippen LogP contribution < -0.4 is 9.62 Å². The molecular weight excluding hydrogens is 498 g/mol. The van der Waals surface area contributed by atoms with Gasteiger partial charge in [-0.3, -0.25) is 13.9 Å². The van der Waals surface area contributed by atoms with E-state index in [2.05, 4.69) is 5.32 Å². The molecule has 0 saturated carbocycles. The number of aryl methyl sites for hydroxylation is 1. The van der Waals surface area contributed by atoms with Crippen LogP contribution in [0.1, 0.15) is 57.6 Å². The van der Waals surface area contributed by atoms with E-state index in [0.29, 0.717) is 30.0 Å². The van der Waals surface area contributed by atoms with Gasteiger partial charge in [0.05, 0.1) is 10.6 Å². The van der Waals surface area contributed by atoms with Gasteiger partial charge in [-0.1, -0.05) is 62.4 Å². The van der Waals surface area contributed by atoms with Crippen LogP contribution in [-0.4, -0.2) is 43.8 Å². The summed E-state index contributed by atoms with van der Waals surface area (Å²) in [5.41, 5.74) is 2.69. The fraction of sp³-hybridized carbons (Fsp3) is 0.400. The standard InChI is InChI=1S/C30H37N3O4S/c1-5-22(4)31-30(35)25(6-2)32(20-24-13-8-7-12-21(24)3)28(34)18-11-19-33-26-16-9-14-23-15-10-17-27(29(23)26)38(33,36)37/h7-10,12-17,22,25H,5-6,11,18-20H2,1-4H3,(H,31,35)/t22-,25-/m0/s1. The Bertz CT molecular complexity index is 1430. The molecule has 1 N–H and O–H groups in total. The second-order valence-corrected chi connectivity index (χ2v) is 11.8. The molecule has 0 saturated heterocycles. The molecule has 3 aromatic rings. The highest BCUT2D eigenvalue weighted by Crippen LogP contribution is 2.42. The van der Waals surface area contributed by atoms with Crippen molar-refractivity contribution in [3.05, 3.63) is 71.8 Å². The highest BCUT2D eigenvalue weighted by Gasteiger charge is 2.35. The molecule has 0 aromatic heterocycles. The summed E-state index contributed by atoms with van der Waals surface area (Å²) < 4.78 is 28.0. The Hall–Kier alpha value is -3.39. The van der Waals surface area contributed by atoms with Crippen LogP contribution in [0.4, 0.5) is 5.69 Å². The van der Waals surface area contributed by atoms with Gasteiger partial charge in [0.25, 0.3) is 10.0 Å². The molecule has 0 radical (unpaired) electrons. The van der Waals surface area contributed by atoms with Gasteiger partial charge in [0.15, 0.2) is 0 Å². The highest BCUT2D eigenvalue weighted by molar-refractivity contribution is 7.93. The Morgan fingerprint density at radius 3 is 2.37 bits per heavy atom. The van der Waals surface area contributed by atoms with E-state index in [1.807, 2.05) is 76.2 Å². The third-order valence-electron chi connectivity index (χ3n) is 7.42. The number of nitrogens with one attached hydrogen (secondary N) is 1. The zero-order valence-electron chi connectivity index (χ0n) is 22.6. The molecule has 0 spiro atoms. The van der Waals surface area contributed by atoms with Gasteiger partial charge in [-0.15, -0.1) is 0 Å². The summed E-state index contributed by atoms with van der Waals surface area (Å²) in [6.45, 7) is 8.38. The van der Waals surface area contributed by atoms with Gasteiger partial charge in [-0.05, 0) is 61.8 Å². The molecule has 0 unspecified atom stereocenters. The van der Waals surface area contributed by atoms with Crippen LogP contribution >= 0.6 is 0 Å². The summed E-state index contributed by atoms with van der Waals surface area (Å²) in [7, 11) is -3.68. The van der Waals surface area contributed by atoms with Crippen LogP contribution in [0.15, 0.2) is 65.6 Å². The van der Waals surface area contributed by atoms with Crippen LogP contribution in [0, 0.1) is 6.92 Å². The van der Waals surface area contributed by atoms with Gasteiger partial charge in [0.2, 0.25) is 11.8 Å². The highest BCUT2D eigenvalue weighted by atomic mass is 32.2. The number of carbonyl (C=O) groups excluding carboxylic acids is 2. The minimum Gasteiger partial charge on any atom is -0.352 e. The monoisotopic (exact) mass is 535 g/mol. The Kier molecular flexibility index (Phi) is 8.41. The van der Waals surface area contributed by atoms with E-state index in [4.69, 9.17) is 0 Å². The van der Waals surface area contributed by atoms with Crippen molar-refractivity contribution in [2.45, 2.75) is 76.9 Å². The zero-order chi connectivity index (χ0) is 27.4. The lowest BCUT2D eigenvalue weighted by molar-refractivity contribution is -0.141. The molecule has 3 aromatic carbocycles. The summed E-state index contributed by atoms with van der Waals surface area (Å²) in [6.07, 6.45) is 1.76. The lowest BCUT2D eigenvalue weighted by Crippen LogP contribution is -2.50. The van der Waals surface area contributed by atoms with E-state index < -0.39 is 16.1 Å². The van der Waals surface area contributed by atoms with E-state index >= 15 is 0 Å². The quantitative estimate of drug-likeness (QED) is 0.368. The van der Waals surface area contributed by atoms with Crippen LogP contribution in [0.25, 0.3) is 10.8 Å². The van der Waals surface area contributed by atoms with Gasteiger partial charge >= 0.3 is 0 Å². The maximum Gasteiger partial charge on any atom is 0.265 e. The van der Waals surface area contributed by atoms with Crippen LogP contribution in [-0.2, 0) is 26.2 Å². The third kappa shape index (κ3) is 5.41. The molecule has 8 heteroatoms. The fourth-order valence-electron chi connectivity index (χ4n) is 5.05. The average Bonchev–Trinajstić information content (AvgIpc) is 3.12. The van der Waals surface area contributed by atoms with Crippen molar-refractivity contribution in [1.82, 2.24) is 10.2 Å². The molecule has 2 amide bonds. The van der Waals surface area contributed by atoms with Crippen molar-refractivity contribution < 1.29 is 18.0 Å². The van der Waals surface area contributed by atoms with Crippen molar-refractivity contribution in [3.8, 4) is 0 Å². The second kappa shape index (κ2) is 11.6. The molecule has 0 fully saturated rings. The van der Waals surface area contributed by atoms with Gasteiger partial charge < -0.3 is 10.2 Å². The number of hydrogen-bond acceptors (Lipinski definition) is 4. The normalized spacial score (nSPS) is 15.3. The summed E-state index contributed by atoms with van der Waals surface area (Å²) in [4.78, 5) is 28.8. The maximum atomic E-state index is 13.6. The van der Waals surface area contributed by atoms with Crippen molar-refractivity contribution in [3.63, 3.8) is 0 Å². The number of hydrogen-bond donors (Lipinski definition) is 1. The van der Waals surface area contributed by atoms with Gasteiger partial charge in [0.1, 0.15) is 6.04 Å². The minimum absolute atomic E-state index is 0.0108. The Labute approximate surface area is 225 Å². The second-order valence-electron chi connectivity index (χ2n) is 10.0. The molecule has 38 heavy (non-hydrogen) atoms. The molecule has 1 heterocycles. The summed E-state index contributed by atoms with van der Waals surface area (Å²) in [5, 5.41) is 4.64. The van der Waals surface area contributed by atoms with Crippen LogP contribution in [0.5, 0.6) is 0 Å². The minimum atomic E-state index is -3.68. The van der Waals surface area contributed by atoms with Crippen molar-refractivity contribution in [1.29, 1.82) is 0 Å². The molecule has 202 valence electrons. The molecule has 0 bridgehead atoms. The van der Waals surface area contributed by atoms with Gasteiger partial charge in [-0.25, -0.2) is 8.42 Å². The smallest absolute Gasteiger partial charge is 0.265 e.